The minimum atomic E-state index is -0.380. The van der Waals surface area contributed by atoms with E-state index >= 15 is 0 Å². The molecule has 0 saturated carbocycles. The van der Waals surface area contributed by atoms with Crippen LogP contribution in [0, 0.1) is 12.3 Å². The molecule has 132 valence electrons. The van der Waals surface area contributed by atoms with E-state index in [9.17, 15) is 4.79 Å². The number of urea groups is 1. The number of aryl methyl sites for hydroxylation is 1. The number of aromatic nitrogens is 2. The van der Waals surface area contributed by atoms with Crippen molar-refractivity contribution < 1.29 is 14.2 Å². The van der Waals surface area contributed by atoms with Crippen LogP contribution in [-0.2, 0) is 4.84 Å². The first-order chi connectivity index (χ1) is 11.8. The van der Waals surface area contributed by atoms with E-state index in [1.807, 2.05) is 26.8 Å². The molecule has 1 atom stereocenters. The van der Waals surface area contributed by atoms with Crippen LogP contribution in [0.25, 0.3) is 11.5 Å². The number of hydrogen-bond donors (Lipinski definition) is 3. The monoisotopic (exact) mass is 343 g/mol. The summed E-state index contributed by atoms with van der Waals surface area (Å²) in [7, 11) is 0. The van der Waals surface area contributed by atoms with Gasteiger partial charge in [0.1, 0.15) is 11.9 Å². The Balaban J connectivity index is 1.58. The van der Waals surface area contributed by atoms with E-state index in [4.69, 9.17) is 9.36 Å². The van der Waals surface area contributed by atoms with Crippen molar-refractivity contribution in [2.45, 2.75) is 33.9 Å². The maximum absolute atomic E-state index is 12.1. The zero-order chi connectivity index (χ0) is 18.0. The molecule has 3 rings (SSSR count). The van der Waals surface area contributed by atoms with Crippen molar-refractivity contribution in [2.75, 3.05) is 5.32 Å². The lowest BCUT2D eigenvalue weighted by Gasteiger charge is -2.17. The quantitative estimate of drug-likeness (QED) is 0.792. The third kappa shape index (κ3) is 4.16. The van der Waals surface area contributed by atoms with Crippen LogP contribution < -0.4 is 16.1 Å². The van der Waals surface area contributed by atoms with Crippen molar-refractivity contribution in [3.05, 3.63) is 41.9 Å². The third-order valence-electron chi connectivity index (χ3n) is 3.56. The molecule has 1 aliphatic heterocycles. The van der Waals surface area contributed by atoms with Gasteiger partial charge in [-0.25, -0.2) is 4.79 Å². The largest absolute Gasteiger partial charge is 0.410 e. The van der Waals surface area contributed by atoms with Gasteiger partial charge in [-0.05, 0) is 37.3 Å². The van der Waals surface area contributed by atoms with Crippen LogP contribution in [0.15, 0.2) is 40.6 Å². The Morgan fingerprint density at radius 3 is 2.52 bits per heavy atom. The summed E-state index contributed by atoms with van der Waals surface area (Å²) >= 11 is 0. The molecule has 1 aromatic carbocycles. The Morgan fingerprint density at radius 2 is 1.96 bits per heavy atom. The van der Waals surface area contributed by atoms with Crippen LogP contribution in [0.2, 0.25) is 0 Å². The molecule has 0 fully saturated rings. The Morgan fingerprint density at radius 1 is 1.24 bits per heavy atom. The number of nitrogens with one attached hydrogen (secondary N) is 3. The predicted molar refractivity (Wildman–Crippen MR) is 92.2 cm³/mol. The lowest BCUT2D eigenvalue weighted by molar-refractivity contribution is 0.0755. The molecule has 2 heterocycles. The lowest BCUT2D eigenvalue weighted by Crippen LogP contribution is -2.43. The van der Waals surface area contributed by atoms with Gasteiger partial charge in [0.05, 0.1) is 0 Å². The van der Waals surface area contributed by atoms with E-state index in [0.717, 1.165) is 11.3 Å². The van der Waals surface area contributed by atoms with Gasteiger partial charge in [0.15, 0.2) is 5.82 Å². The number of carbonyl (C=O) groups is 1. The maximum Gasteiger partial charge on any atom is 0.320 e. The van der Waals surface area contributed by atoms with Crippen molar-refractivity contribution in [3.63, 3.8) is 0 Å². The number of anilines is 1. The van der Waals surface area contributed by atoms with Crippen molar-refractivity contribution in [3.8, 4) is 11.5 Å². The Bertz CT molecular complexity index is 789. The molecular formula is C17H21N5O3. The first-order valence-electron chi connectivity index (χ1n) is 7.94. The number of amides is 2. The molecule has 25 heavy (non-hydrogen) atoms. The van der Waals surface area contributed by atoms with E-state index in [-0.39, 0.29) is 17.6 Å². The number of carbonyl (C=O) groups excluding carboxylic acids is 1. The van der Waals surface area contributed by atoms with Crippen molar-refractivity contribution in [1.82, 2.24) is 20.9 Å². The van der Waals surface area contributed by atoms with Crippen molar-refractivity contribution >= 4 is 11.7 Å². The lowest BCUT2D eigenvalue weighted by atomic mass is 9.94. The number of rotatable bonds is 3. The second-order valence-electron chi connectivity index (χ2n) is 6.80. The summed E-state index contributed by atoms with van der Waals surface area (Å²) in [4.78, 5) is 21.6. The van der Waals surface area contributed by atoms with Gasteiger partial charge in [0.2, 0.25) is 0 Å². The minimum Gasteiger partial charge on any atom is -0.410 e. The molecule has 0 radical (unpaired) electrons. The molecule has 1 aliphatic rings. The minimum absolute atomic E-state index is 0.122. The van der Waals surface area contributed by atoms with Gasteiger partial charge >= 0.3 is 6.03 Å². The van der Waals surface area contributed by atoms with Gasteiger partial charge in [-0.3, -0.25) is 0 Å². The highest BCUT2D eigenvalue weighted by Gasteiger charge is 2.27. The van der Waals surface area contributed by atoms with Crippen LogP contribution in [0.3, 0.4) is 0 Å². The molecule has 2 aromatic rings. The number of allylic oxidation sites excluding steroid dienone is 1. The topological polar surface area (TPSA) is 101 Å². The molecule has 0 bridgehead atoms. The van der Waals surface area contributed by atoms with Crippen molar-refractivity contribution in [2.24, 2.45) is 5.41 Å². The van der Waals surface area contributed by atoms with E-state index < -0.39 is 0 Å². The molecule has 2 amide bonds. The number of hydroxylamine groups is 1. The van der Waals surface area contributed by atoms with Crippen LogP contribution in [0.4, 0.5) is 10.5 Å². The van der Waals surface area contributed by atoms with E-state index in [2.05, 4.69) is 26.3 Å². The zero-order valence-corrected chi connectivity index (χ0v) is 14.6. The SMILES string of the molecule is Cc1noc(-c2ccc(NC(=O)NC3C=C(C(C)(C)C)ON3)cc2)n1. The van der Waals surface area contributed by atoms with Gasteiger partial charge < -0.3 is 20.0 Å². The standard InChI is InChI=1S/C17H21N5O3/c1-10-18-15(25-21-10)11-5-7-12(8-6-11)19-16(23)20-14-9-13(24-22-14)17(2,3)4/h5-9,14,22H,1-4H3,(H2,19,20,23). The Hall–Kier alpha value is -2.87. The highest BCUT2D eigenvalue weighted by Crippen LogP contribution is 2.28. The average Bonchev–Trinajstić information content (AvgIpc) is 3.17. The van der Waals surface area contributed by atoms with Gasteiger partial charge in [0.25, 0.3) is 5.89 Å². The smallest absolute Gasteiger partial charge is 0.320 e. The first-order valence-corrected chi connectivity index (χ1v) is 7.94. The molecule has 8 heteroatoms. The molecule has 3 N–H and O–H groups in total. The molecule has 0 aliphatic carbocycles. The molecule has 0 saturated heterocycles. The van der Waals surface area contributed by atoms with Gasteiger partial charge in [-0.1, -0.05) is 25.9 Å². The van der Waals surface area contributed by atoms with E-state index in [0.29, 0.717) is 17.4 Å². The maximum atomic E-state index is 12.1. The number of nitrogens with zero attached hydrogens (tertiary/aromatic N) is 2. The van der Waals surface area contributed by atoms with Crippen molar-refractivity contribution in [1.29, 1.82) is 0 Å². The second-order valence-corrected chi connectivity index (χ2v) is 6.80. The van der Waals surface area contributed by atoms with Gasteiger partial charge in [-0.15, -0.1) is 5.48 Å². The second kappa shape index (κ2) is 6.56. The average molecular weight is 343 g/mol. The summed E-state index contributed by atoms with van der Waals surface area (Å²) in [6, 6.07) is 6.80. The van der Waals surface area contributed by atoms with E-state index in [1.54, 1.807) is 31.2 Å². The highest BCUT2D eigenvalue weighted by molar-refractivity contribution is 5.89. The highest BCUT2D eigenvalue weighted by atomic mass is 16.7. The Labute approximate surface area is 145 Å². The summed E-state index contributed by atoms with van der Waals surface area (Å²) in [5, 5.41) is 9.29. The summed E-state index contributed by atoms with van der Waals surface area (Å²) < 4.78 is 5.11. The number of hydrogen-bond acceptors (Lipinski definition) is 6. The van der Waals surface area contributed by atoms with Crippen LogP contribution in [0.1, 0.15) is 26.6 Å². The van der Waals surface area contributed by atoms with E-state index in [1.165, 1.54) is 0 Å². The number of benzene rings is 1. The van der Waals surface area contributed by atoms with Gasteiger partial charge in [0, 0.05) is 16.7 Å². The Kier molecular flexibility index (Phi) is 4.45. The molecule has 0 spiro atoms. The first kappa shape index (κ1) is 17.0. The fourth-order valence-electron chi connectivity index (χ4n) is 2.24. The molecule has 8 nitrogen and oxygen atoms in total. The van der Waals surface area contributed by atoms with Crippen LogP contribution >= 0.6 is 0 Å². The molecule has 1 aromatic heterocycles. The zero-order valence-electron chi connectivity index (χ0n) is 14.6. The summed E-state index contributed by atoms with van der Waals surface area (Å²) in [5.41, 5.74) is 4.09. The summed E-state index contributed by atoms with van der Waals surface area (Å²) in [6.07, 6.45) is 1.47. The summed E-state index contributed by atoms with van der Waals surface area (Å²) in [5.74, 6) is 1.81. The normalized spacial score (nSPS) is 17.0. The summed E-state index contributed by atoms with van der Waals surface area (Å²) in [6.45, 7) is 7.87. The fourth-order valence-corrected chi connectivity index (χ4v) is 2.24. The fraction of sp³-hybridized carbons (Fsp3) is 0.353. The molecular weight excluding hydrogens is 322 g/mol. The van der Waals surface area contributed by atoms with Crippen LogP contribution in [0.5, 0.6) is 0 Å². The van der Waals surface area contributed by atoms with Gasteiger partial charge in [-0.2, -0.15) is 4.98 Å². The predicted octanol–water partition coefficient (Wildman–Crippen LogP) is 2.96. The van der Waals surface area contributed by atoms with Crippen LogP contribution in [-0.4, -0.2) is 22.3 Å². The molecule has 1 unspecified atom stereocenters. The third-order valence-corrected chi connectivity index (χ3v) is 3.56.